The molecule has 0 unspecified atom stereocenters. The number of hydrogen-bond donors (Lipinski definition) is 2. The number of hydrogen-bond acceptors (Lipinski definition) is 5. The Morgan fingerprint density at radius 3 is 2.28 bits per heavy atom. The molecule has 0 aliphatic carbocycles. The van der Waals surface area contributed by atoms with Gasteiger partial charge in [0.15, 0.2) is 11.6 Å². The Morgan fingerprint density at radius 1 is 1.04 bits per heavy atom. The third-order valence-electron chi connectivity index (χ3n) is 3.20. The van der Waals surface area contributed by atoms with E-state index in [9.17, 15) is 32.8 Å². The molecule has 0 atom stereocenters. The zero-order chi connectivity index (χ0) is 18.7. The molecule has 1 aromatic carbocycles. The SMILES string of the molecule is CN1C(=O)C(=O)N(CC(=O)NCC(=O)Nc2ccc(F)c(F)c2)C1=O. The fraction of sp³-hybridized carbons (Fsp3) is 0.214. The molecule has 2 N–H and O–H groups in total. The van der Waals surface area contributed by atoms with Gasteiger partial charge in [-0.15, -0.1) is 0 Å². The van der Waals surface area contributed by atoms with E-state index in [2.05, 4.69) is 10.6 Å². The number of urea groups is 1. The first kappa shape index (κ1) is 18.0. The highest BCUT2D eigenvalue weighted by molar-refractivity contribution is 6.44. The number of nitrogens with zero attached hydrogens (tertiary/aromatic N) is 2. The third-order valence-corrected chi connectivity index (χ3v) is 3.20. The summed E-state index contributed by atoms with van der Waals surface area (Å²) in [6, 6.07) is 1.76. The minimum absolute atomic E-state index is 0.0183. The number of benzene rings is 1. The molecule has 1 saturated heterocycles. The summed E-state index contributed by atoms with van der Waals surface area (Å²) in [5.74, 6) is -6.04. The van der Waals surface area contributed by atoms with Crippen molar-refractivity contribution in [2.45, 2.75) is 0 Å². The first-order valence-electron chi connectivity index (χ1n) is 6.86. The normalized spacial score (nSPS) is 14.1. The van der Waals surface area contributed by atoms with Crippen LogP contribution in [-0.2, 0) is 19.2 Å². The Kier molecular flexibility index (Phi) is 5.05. The van der Waals surface area contributed by atoms with Crippen LogP contribution in [-0.4, -0.2) is 59.6 Å². The van der Waals surface area contributed by atoms with Crippen LogP contribution in [0.3, 0.4) is 0 Å². The van der Waals surface area contributed by atoms with Crippen LogP contribution in [0, 0.1) is 11.6 Å². The molecule has 1 fully saturated rings. The second kappa shape index (κ2) is 7.03. The molecule has 0 radical (unpaired) electrons. The number of amides is 6. The maximum atomic E-state index is 13.0. The van der Waals surface area contributed by atoms with Gasteiger partial charge in [-0.2, -0.15) is 0 Å². The number of imide groups is 2. The summed E-state index contributed by atoms with van der Waals surface area (Å²) < 4.78 is 25.8. The monoisotopic (exact) mass is 354 g/mol. The van der Waals surface area contributed by atoms with E-state index in [1.54, 1.807) is 0 Å². The second-order valence-corrected chi connectivity index (χ2v) is 4.99. The van der Waals surface area contributed by atoms with Gasteiger partial charge < -0.3 is 10.6 Å². The van der Waals surface area contributed by atoms with Crippen molar-refractivity contribution in [1.82, 2.24) is 15.1 Å². The lowest BCUT2D eigenvalue weighted by Gasteiger charge is -2.12. The van der Waals surface area contributed by atoms with Crippen LogP contribution in [0.2, 0.25) is 0 Å². The van der Waals surface area contributed by atoms with E-state index in [-0.39, 0.29) is 5.69 Å². The summed E-state index contributed by atoms with van der Waals surface area (Å²) in [5.41, 5.74) is -0.0183. The molecular weight excluding hydrogens is 342 g/mol. The first-order chi connectivity index (χ1) is 11.7. The van der Waals surface area contributed by atoms with Gasteiger partial charge >= 0.3 is 17.8 Å². The largest absolute Gasteiger partial charge is 0.345 e. The number of halogens is 2. The Hall–Kier alpha value is -3.37. The maximum absolute atomic E-state index is 13.0. The average molecular weight is 354 g/mol. The van der Waals surface area contributed by atoms with Crippen LogP contribution in [0.15, 0.2) is 18.2 Å². The van der Waals surface area contributed by atoms with Crippen molar-refractivity contribution < 1.29 is 32.8 Å². The molecule has 0 aromatic heterocycles. The van der Waals surface area contributed by atoms with Gasteiger partial charge in [-0.3, -0.25) is 24.1 Å². The molecule has 11 heteroatoms. The van der Waals surface area contributed by atoms with Crippen LogP contribution >= 0.6 is 0 Å². The number of likely N-dealkylation sites (N-methyl/N-ethyl adjacent to an activating group) is 1. The molecule has 9 nitrogen and oxygen atoms in total. The lowest BCUT2D eigenvalue weighted by Crippen LogP contribution is -2.43. The summed E-state index contributed by atoms with van der Waals surface area (Å²) in [5, 5.41) is 4.35. The van der Waals surface area contributed by atoms with Gasteiger partial charge in [-0.05, 0) is 12.1 Å². The molecule has 1 aliphatic heterocycles. The van der Waals surface area contributed by atoms with Gasteiger partial charge in [-0.1, -0.05) is 0 Å². The summed E-state index contributed by atoms with van der Waals surface area (Å²) in [4.78, 5) is 58.7. The lowest BCUT2D eigenvalue weighted by atomic mass is 10.3. The predicted octanol–water partition coefficient (Wildman–Crippen LogP) is -0.560. The Balaban J connectivity index is 1.84. The molecule has 1 heterocycles. The van der Waals surface area contributed by atoms with Crippen molar-refractivity contribution in [3.63, 3.8) is 0 Å². The summed E-state index contributed by atoms with van der Waals surface area (Å²) in [7, 11) is 1.09. The Morgan fingerprint density at radius 2 is 1.72 bits per heavy atom. The average Bonchev–Trinajstić information content (AvgIpc) is 2.74. The maximum Gasteiger partial charge on any atom is 0.334 e. The zero-order valence-electron chi connectivity index (χ0n) is 12.8. The summed E-state index contributed by atoms with van der Waals surface area (Å²) in [6.45, 7) is -1.27. The van der Waals surface area contributed by atoms with Crippen molar-refractivity contribution in [2.24, 2.45) is 0 Å². The quantitative estimate of drug-likeness (QED) is 0.543. The summed E-state index contributed by atoms with van der Waals surface area (Å²) >= 11 is 0. The smallest absolute Gasteiger partial charge is 0.334 e. The van der Waals surface area contributed by atoms with Crippen molar-refractivity contribution in [3.8, 4) is 0 Å². The van der Waals surface area contributed by atoms with Crippen molar-refractivity contribution in [3.05, 3.63) is 29.8 Å². The number of nitrogens with one attached hydrogen (secondary N) is 2. The van der Waals surface area contributed by atoms with E-state index in [1.807, 2.05) is 0 Å². The molecular formula is C14H12F2N4O5. The summed E-state index contributed by atoms with van der Waals surface area (Å²) in [6.07, 6.45) is 0. The van der Waals surface area contributed by atoms with E-state index in [0.29, 0.717) is 9.80 Å². The van der Waals surface area contributed by atoms with Gasteiger partial charge in [-0.25, -0.2) is 18.5 Å². The van der Waals surface area contributed by atoms with Gasteiger partial charge in [0.2, 0.25) is 11.8 Å². The molecule has 132 valence electrons. The number of anilines is 1. The van der Waals surface area contributed by atoms with Gasteiger partial charge in [0.05, 0.1) is 6.54 Å². The highest BCUT2D eigenvalue weighted by Crippen LogP contribution is 2.12. The van der Waals surface area contributed by atoms with Crippen molar-refractivity contribution in [2.75, 3.05) is 25.5 Å². The van der Waals surface area contributed by atoms with Gasteiger partial charge in [0.25, 0.3) is 0 Å². The minimum Gasteiger partial charge on any atom is -0.345 e. The van der Waals surface area contributed by atoms with Crippen LogP contribution in [0.25, 0.3) is 0 Å². The standard InChI is InChI=1S/C14H12F2N4O5/c1-19-12(23)13(24)20(14(19)25)6-11(22)17-5-10(21)18-7-2-3-8(15)9(16)4-7/h2-4H,5-6H2,1H3,(H,17,22)(H,18,21). The molecule has 0 bridgehead atoms. The lowest BCUT2D eigenvalue weighted by molar-refractivity contribution is -0.143. The van der Waals surface area contributed by atoms with E-state index < -0.39 is 54.4 Å². The molecule has 0 saturated carbocycles. The van der Waals surface area contributed by atoms with Crippen LogP contribution in [0.5, 0.6) is 0 Å². The van der Waals surface area contributed by atoms with Crippen LogP contribution in [0.4, 0.5) is 19.3 Å². The molecule has 1 aromatic rings. The van der Waals surface area contributed by atoms with Crippen LogP contribution in [0.1, 0.15) is 0 Å². The number of carbonyl (C=O) groups is 5. The van der Waals surface area contributed by atoms with E-state index >= 15 is 0 Å². The number of rotatable bonds is 5. The van der Waals surface area contributed by atoms with E-state index in [1.165, 1.54) is 0 Å². The predicted molar refractivity (Wildman–Crippen MR) is 77.9 cm³/mol. The first-order valence-corrected chi connectivity index (χ1v) is 6.86. The molecule has 0 spiro atoms. The number of carbonyl (C=O) groups excluding carboxylic acids is 5. The Bertz CT molecular complexity index is 782. The third kappa shape index (κ3) is 3.94. The van der Waals surface area contributed by atoms with E-state index in [4.69, 9.17) is 0 Å². The van der Waals surface area contributed by atoms with Crippen LogP contribution < -0.4 is 10.6 Å². The highest BCUT2D eigenvalue weighted by Gasteiger charge is 2.42. The molecule has 2 rings (SSSR count). The zero-order valence-corrected chi connectivity index (χ0v) is 12.8. The molecule has 1 aliphatic rings. The van der Waals surface area contributed by atoms with E-state index in [0.717, 1.165) is 25.2 Å². The second-order valence-electron chi connectivity index (χ2n) is 4.99. The van der Waals surface area contributed by atoms with Crippen molar-refractivity contribution >= 4 is 35.3 Å². The topological polar surface area (TPSA) is 116 Å². The minimum atomic E-state index is -1.15. The van der Waals surface area contributed by atoms with Crippen molar-refractivity contribution in [1.29, 1.82) is 0 Å². The van der Waals surface area contributed by atoms with Gasteiger partial charge in [0.1, 0.15) is 6.54 Å². The Labute approximate surface area is 139 Å². The fourth-order valence-electron chi connectivity index (χ4n) is 1.91. The molecule has 25 heavy (non-hydrogen) atoms. The molecule has 6 amide bonds. The van der Waals surface area contributed by atoms with Gasteiger partial charge in [0, 0.05) is 18.8 Å². The fourth-order valence-corrected chi connectivity index (χ4v) is 1.91. The highest BCUT2D eigenvalue weighted by atomic mass is 19.2.